The van der Waals surface area contributed by atoms with Gasteiger partial charge in [-0.15, -0.1) is 0 Å². The number of fused-ring (bicyclic) bond motifs is 1. The predicted octanol–water partition coefficient (Wildman–Crippen LogP) is 3.67. The number of rotatable bonds is 6. The molecular weight excluding hydrogens is 232 g/mol. The molecule has 0 radical (unpaired) electrons. The normalized spacial score (nSPS) is 18.2. The molecule has 1 aliphatic heterocycles. The van der Waals surface area contributed by atoms with E-state index in [0.717, 1.165) is 19.0 Å². The van der Waals surface area contributed by atoms with Gasteiger partial charge >= 0.3 is 0 Å². The van der Waals surface area contributed by atoms with Crippen molar-refractivity contribution in [1.29, 1.82) is 0 Å². The van der Waals surface area contributed by atoms with Gasteiger partial charge in [-0.2, -0.15) is 0 Å². The summed E-state index contributed by atoms with van der Waals surface area (Å²) in [5.41, 5.74) is 4.51. The molecule has 104 valence electrons. The highest BCUT2D eigenvalue weighted by Gasteiger charge is 2.24. The third-order valence-corrected chi connectivity index (χ3v) is 4.34. The summed E-state index contributed by atoms with van der Waals surface area (Å²) in [6, 6.07) is 6.79. The van der Waals surface area contributed by atoms with Crippen LogP contribution in [0.1, 0.15) is 43.7 Å². The molecule has 1 heterocycles. The quantitative estimate of drug-likeness (QED) is 0.837. The Hall–Kier alpha value is -1.02. The lowest BCUT2D eigenvalue weighted by Gasteiger charge is -2.26. The lowest BCUT2D eigenvalue weighted by molar-refractivity contribution is 0.254. The molecule has 2 aliphatic rings. The Bertz CT molecular complexity index is 423. The Morgan fingerprint density at radius 2 is 2.21 bits per heavy atom. The Labute approximate surface area is 117 Å². The van der Waals surface area contributed by atoms with Crippen molar-refractivity contribution in [3.63, 3.8) is 0 Å². The van der Waals surface area contributed by atoms with Gasteiger partial charge in [0.1, 0.15) is 0 Å². The average Bonchev–Trinajstić information content (AvgIpc) is 3.23. The first-order valence-corrected chi connectivity index (χ1v) is 7.94. The molecule has 0 atom stereocenters. The van der Waals surface area contributed by atoms with Gasteiger partial charge in [-0.25, -0.2) is 0 Å². The summed E-state index contributed by atoms with van der Waals surface area (Å²) in [6.07, 6.45) is 6.70. The van der Waals surface area contributed by atoms with Gasteiger partial charge in [0, 0.05) is 25.3 Å². The van der Waals surface area contributed by atoms with Crippen molar-refractivity contribution >= 4 is 5.69 Å². The average molecular weight is 258 g/mol. The van der Waals surface area contributed by atoms with Crippen molar-refractivity contribution in [2.45, 2.75) is 45.6 Å². The smallest absolute Gasteiger partial charge is 0.0375 e. The van der Waals surface area contributed by atoms with E-state index in [9.17, 15) is 0 Å². The third kappa shape index (κ3) is 3.30. The van der Waals surface area contributed by atoms with Crippen molar-refractivity contribution in [3.05, 3.63) is 29.3 Å². The summed E-state index contributed by atoms with van der Waals surface area (Å²) in [4.78, 5) is 2.67. The number of hydrogen-bond donors (Lipinski definition) is 1. The molecule has 0 saturated heterocycles. The van der Waals surface area contributed by atoms with E-state index in [1.165, 1.54) is 50.9 Å². The van der Waals surface area contributed by atoms with Crippen LogP contribution in [0.2, 0.25) is 0 Å². The van der Waals surface area contributed by atoms with Gasteiger partial charge in [-0.3, -0.25) is 4.90 Å². The van der Waals surface area contributed by atoms with Gasteiger partial charge in [0.2, 0.25) is 0 Å². The van der Waals surface area contributed by atoms with E-state index in [2.05, 4.69) is 35.3 Å². The fourth-order valence-electron chi connectivity index (χ4n) is 3.19. The third-order valence-electron chi connectivity index (χ3n) is 4.34. The van der Waals surface area contributed by atoms with Gasteiger partial charge in [0.25, 0.3) is 0 Å². The van der Waals surface area contributed by atoms with E-state index in [1.54, 1.807) is 11.1 Å². The van der Waals surface area contributed by atoms with Crippen LogP contribution in [0, 0.1) is 5.92 Å². The fourth-order valence-corrected chi connectivity index (χ4v) is 3.19. The molecular formula is C17H26N2. The molecule has 1 aromatic rings. The van der Waals surface area contributed by atoms with Crippen LogP contribution in [-0.2, 0) is 13.0 Å². The second-order valence-electron chi connectivity index (χ2n) is 6.15. The monoisotopic (exact) mass is 258 g/mol. The van der Waals surface area contributed by atoms with Crippen molar-refractivity contribution in [3.8, 4) is 0 Å². The minimum absolute atomic E-state index is 0.990. The standard InChI is InChI=1S/C17H26N2/c1-2-11-19(12-14-8-9-14)13-15-5-3-7-17-16(15)6-4-10-18-17/h3,5,7,14,18H,2,4,6,8-13H2,1H3. The van der Waals surface area contributed by atoms with E-state index < -0.39 is 0 Å². The maximum Gasteiger partial charge on any atom is 0.0375 e. The molecule has 1 N–H and O–H groups in total. The fraction of sp³-hybridized carbons (Fsp3) is 0.647. The van der Waals surface area contributed by atoms with Crippen LogP contribution in [0.4, 0.5) is 5.69 Å². The molecule has 2 heteroatoms. The molecule has 3 rings (SSSR count). The van der Waals surface area contributed by atoms with Crippen LogP contribution in [0.3, 0.4) is 0 Å². The molecule has 0 aromatic heterocycles. The minimum atomic E-state index is 0.990. The van der Waals surface area contributed by atoms with E-state index in [-0.39, 0.29) is 0 Å². The van der Waals surface area contributed by atoms with Crippen molar-refractivity contribution in [2.24, 2.45) is 5.92 Å². The Morgan fingerprint density at radius 3 is 3.00 bits per heavy atom. The lowest BCUT2D eigenvalue weighted by Crippen LogP contribution is -2.27. The van der Waals surface area contributed by atoms with E-state index in [1.807, 2.05) is 0 Å². The van der Waals surface area contributed by atoms with Crippen LogP contribution in [-0.4, -0.2) is 24.5 Å². The van der Waals surface area contributed by atoms with Crippen molar-refractivity contribution in [2.75, 3.05) is 25.0 Å². The molecule has 1 fully saturated rings. The second-order valence-corrected chi connectivity index (χ2v) is 6.15. The zero-order chi connectivity index (χ0) is 13.1. The summed E-state index contributed by atoms with van der Waals surface area (Å²) in [6.45, 7) is 7.13. The van der Waals surface area contributed by atoms with Crippen LogP contribution in [0.25, 0.3) is 0 Å². The Kier molecular flexibility index (Phi) is 4.07. The van der Waals surface area contributed by atoms with E-state index in [0.29, 0.717) is 0 Å². The summed E-state index contributed by atoms with van der Waals surface area (Å²) < 4.78 is 0. The van der Waals surface area contributed by atoms with Gasteiger partial charge in [-0.05, 0) is 61.8 Å². The highest BCUT2D eigenvalue weighted by Crippen LogP contribution is 2.31. The summed E-state index contributed by atoms with van der Waals surface area (Å²) in [5.74, 6) is 0.990. The molecule has 1 saturated carbocycles. The first kappa shape index (κ1) is 13.0. The zero-order valence-corrected chi connectivity index (χ0v) is 12.1. The largest absolute Gasteiger partial charge is 0.385 e. The van der Waals surface area contributed by atoms with Crippen molar-refractivity contribution in [1.82, 2.24) is 4.90 Å². The second kappa shape index (κ2) is 5.96. The first-order valence-electron chi connectivity index (χ1n) is 7.94. The summed E-state index contributed by atoms with van der Waals surface area (Å²) >= 11 is 0. The van der Waals surface area contributed by atoms with Crippen LogP contribution >= 0.6 is 0 Å². The highest BCUT2D eigenvalue weighted by molar-refractivity contribution is 5.56. The molecule has 0 bridgehead atoms. The van der Waals surface area contributed by atoms with E-state index in [4.69, 9.17) is 0 Å². The van der Waals surface area contributed by atoms with Gasteiger partial charge in [0.15, 0.2) is 0 Å². The molecule has 0 spiro atoms. The molecule has 1 aromatic carbocycles. The van der Waals surface area contributed by atoms with Crippen molar-refractivity contribution < 1.29 is 0 Å². The molecule has 19 heavy (non-hydrogen) atoms. The lowest BCUT2D eigenvalue weighted by atomic mass is 9.97. The summed E-state index contributed by atoms with van der Waals surface area (Å²) in [7, 11) is 0. The molecule has 1 aliphatic carbocycles. The number of nitrogens with zero attached hydrogens (tertiary/aromatic N) is 1. The highest BCUT2D eigenvalue weighted by atomic mass is 15.1. The van der Waals surface area contributed by atoms with Gasteiger partial charge in [-0.1, -0.05) is 19.1 Å². The zero-order valence-electron chi connectivity index (χ0n) is 12.1. The topological polar surface area (TPSA) is 15.3 Å². The number of nitrogens with one attached hydrogen (secondary N) is 1. The summed E-state index contributed by atoms with van der Waals surface area (Å²) in [5, 5.41) is 3.54. The minimum Gasteiger partial charge on any atom is -0.385 e. The SMILES string of the molecule is CCCN(Cc1cccc2c1CCCN2)CC1CC1. The maximum absolute atomic E-state index is 3.54. The first-order chi connectivity index (χ1) is 9.36. The Balaban J connectivity index is 1.72. The van der Waals surface area contributed by atoms with Gasteiger partial charge in [0.05, 0.1) is 0 Å². The Morgan fingerprint density at radius 1 is 1.32 bits per heavy atom. The van der Waals surface area contributed by atoms with Crippen LogP contribution < -0.4 is 5.32 Å². The number of hydrogen-bond acceptors (Lipinski definition) is 2. The van der Waals surface area contributed by atoms with Gasteiger partial charge < -0.3 is 5.32 Å². The number of anilines is 1. The molecule has 0 amide bonds. The van der Waals surface area contributed by atoms with Crippen LogP contribution in [0.15, 0.2) is 18.2 Å². The molecule has 0 unspecified atom stereocenters. The molecule has 2 nitrogen and oxygen atoms in total. The van der Waals surface area contributed by atoms with Crippen LogP contribution in [0.5, 0.6) is 0 Å². The maximum atomic E-state index is 3.54. The number of benzene rings is 1. The van der Waals surface area contributed by atoms with E-state index >= 15 is 0 Å². The predicted molar refractivity (Wildman–Crippen MR) is 81.5 cm³/mol.